The average molecular weight is 542 g/mol. The lowest BCUT2D eigenvalue weighted by Crippen LogP contribution is -2.34. The third-order valence-corrected chi connectivity index (χ3v) is 5.99. The number of fused-ring (bicyclic) bond motifs is 1. The first-order valence-electron chi connectivity index (χ1n) is 12.3. The second-order valence-corrected chi connectivity index (χ2v) is 8.87. The fourth-order valence-electron chi connectivity index (χ4n) is 4.21. The summed E-state index contributed by atoms with van der Waals surface area (Å²) in [6, 6.07) is 11.2. The Morgan fingerprint density at radius 1 is 1.13 bits per heavy atom. The van der Waals surface area contributed by atoms with E-state index in [1.807, 2.05) is 0 Å². The molecule has 1 saturated heterocycles. The second kappa shape index (κ2) is 11.2. The fraction of sp³-hybridized carbons (Fsp3) is 0.308. The van der Waals surface area contributed by atoms with Crippen molar-refractivity contribution in [2.45, 2.75) is 31.7 Å². The van der Waals surface area contributed by atoms with Crippen molar-refractivity contribution in [1.82, 2.24) is 29.6 Å². The molecule has 0 unspecified atom stereocenters. The highest BCUT2D eigenvalue weighted by molar-refractivity contribution is 5.77. The Hall–Kier alpha value is -4.39. The zero-order valence-corrected chi connectivity index (χ0v) is 20.8. The molecule has 1 fully saturated rings. The third-order valence-electron chi connectivity index (χ3n) is 5.99. The normalized spacial score (nSPS) is 14.3. The molecule has 4 heterocycles. The summed E-state index contributed by atoms with van der Waals surface area (Å²) in [6.45, 7) is 4.34. The van der Waals surface area contributed by atoms with Gasteiger partial charge in [0.05, 0.1) is 6.54 Å². The summed E-state index contributed by atoms with van der Waals surface area (Å²) in [5, 5.41) is 6.59. The van der Waals surface area contributed by atoms with Crippen molar-refractivity contribution in [2.24, 2.45) is 0 Å². The number of piperidine rings is 1. The summed E-state index contributed by atoms with van der Waals surface area (Å²) >= 11 is 0. The van der Waals surface area contributed by atoms with Crippen LogP contribution in [0.5, 0.6) is 11.6 Å². The Kier molecular flexibility index (Phi) is 7.50. The molecule has 39 heavy (non-hydrogen) atoms. The molecular weight excluding hydrogens is 515 g/mol. The highest BCUT2D eigenvalue weighted by atomic mass is 19.4. The van der Waals surface area contributed by atoms with Gasteiger partial charge in [-0.1, -0.05) is 12.1 Å². The molecule has 10 nitrogen and oxygen atoms in total. The van der Waals surface area contributed by atoms with Gasteiger partial charge in [0.15, 0.2) is 18.1 Å². The number of hydrogen-bond acceptors (Lipinski definition) is 8. The minimum atomic E-state index is -4.42. The number of ether oxygens (including phenoxy) is 2. The number of alkyl halides is 3. The van der Waals surface area contributed by atoms with Gasteiger partial charge >= 0.3 is 6.18 Å². The van der Waals surface area contributed by atoms with Crippen LogP contribution in [0.1, 0.15) is 12.8 Å². The molecule has 0 saturated carbocycles. The topological polar surface area (TPSA) is 108 Å². The van der Waals surface area contributed by atoms with Gasteiger partial charge in [-0.25, -0.2) is 14.3 Å². The minimum Gasteiger partial charge on any atom is -0.484 e. The van der Waals surface area contributed by atoms with Crippen LogP contribution >= 0.6 is 0 Å². The maximum atomic E-state index is 13.2. The summed E-state index contributed by atoms with van der Waals surface area (Å²) in [5.41, 5.74) is 0.522. The molecule has 13 heteroatoms. The second-order valence-electron chi connectivity index (χ2n) is 8.87. The van der Waals surface area contributed by atoms with E-state index < -0.39 is 12.8 Å². The molecule has 0 amide bonds. The van der Waals surface area contributed by atoms with Crippen LogP contribution in [0.4, 0.5) is 24.8 Å². The van der Waals surface area contributed by atoms with Gasteiger partial charge in [-0.2, -0.15) is 23.1 Å². The average Bonchev–Trinajstić information content (AvgIpc) is 3.19. The molecule has 2 N–H and O–H groups in total. The van der Waals surface area contributed by atoms with Gasteiger partial charge in [0.2, 0.25) is 11.8 Å². The Morgan fingerprint density at radius 3 is 2.62 bits per heavy atom. The van der Waals surface area contributed by atoms with Crippen molar-refractivity contribution in [3.8, 4) is 17.4 Å². The molecule has 1 aliphatic heterocycles. The van der Waals surface area contributed by atoms with Crippen LogP contribution in [0.25, 0.3) is 16.9 Å². The predicted octanol–water partition coefficient (Wildman–Crippen LogP) is 3.98. The van der Waals surface area contributed by atoms with E-state index in [2.05, 4.69) is 32.2 Å². The first kappa shape index (κ1) is 26.2. The van der Waals surface area contributed by atoms with Crippen LogP contribution < -0.4 is 25.7 Å². The van der Waals surface area contributed by atoms with Crippen molar-refractivity contribution in [3.63, 3.8) is 0 Å². The maximum Gasteiger partial charge on any atom is 0.422 e. The first-order chi connectivity index (χ1) is 18.8. The van der Waals surface area contributed by atoms with Gasteiger partial charge < -0.3 is 20.1 Å². The summed E-state index contributed by atoms with van der Waals surface area (Å²) in [7, 11) is 0. The van der Waals surface area contributed by atoms with Crippen molar-refractivity contribution in [2.75, 3.05) is 25.0 Å². The summed E-state index contributed by atoms with van der Waals surface area (Å²) in [5.74, 6) is 1.13. The molecule has 0 bridgehead atoms. The van der Waals surface area contributed by atoms with Gasteiger partial charge in [0, 0.05) is 18.0 Å². The van der Waals surface area contributed by atoms with E-state index in [-0.39, 0.29) is 35.3 Å². The number of allylic oxidation sites excluding steroid dienone is 1. The van der Waals surface area contributed by atoms with Crippen molar-refractivity contribution in [1.29, 1.82) is 0 Å². The third kappa shape index (κ3) is 6.20. The van der Waals surface area contributed by atoms with Gasteiger partial charge in [0.25, 0.3) is 5.56 Å². The first-order valence-corrected chi connectivity index (χ1v) is 12.3. The molecule has 204 valence electrons. The van der Waals surface area contributed by atoms with Crippen LogP contribution in [-0.2, 0) is 6.54 Å². The largest absolute Gasteiger partial charge is 0.484 e. The number of anilines is 2. The van der Waals surface area contributed by atoms with Crippen LogP contribution in [0.15, 0.2) is 66.1 Å². The van der Waals surface area contributed by atoms with E-state index in [0.717, 1.165) is 25.9 Å². The van der Waals surface area contributed by atoms with E-state index in [1.54, 1.807) is 41.1 Å². The highest BCUT2D eigenvalue weighted by Crippen LogP contribution is 2.23. The summed E-state index contributed by atoms with van der Waals surface area (Å²) < 4.78 is 51.1. The molecule has 3 aromatic heterocycles. The number of aromatic nitrogens is 5. The lowest BCUT2D eigenvalue weighted by Gasteiger charge is -2.23. The fourth-order valence-corrected chi connectivity index (χ4v) is 4.21. The van der Waals surface area contributed by atoms with Crippen LogP contribution in [0, 0.1) is 0 Å². The van der Waals surface area contributed by atoms with Crippen molar-refractivity contribution >= 4 is 22.7 Å². The van der Waals surface area contributed by atoms with Gasteiger partial charge in [-0.05, 0) is 56.3 Å². The smallest absolute Gasteiger partial charge is 0.422 e. The molecule has 1 aromatic carbocycles. The van der Waals surface area contributed by atoms with Crippen molar-refractivity contribution in [3.05, 3.63) is 71.7 Å². The Morgan fingerprint density at radius 2 is 1.90 bits per heavy atom. The SMILES string of the molecule is C=CCn1c(=O)c2cnc(Nc3ccc(OCC(F)(F)F)cc3)nc2n1-c1cccc(OC2CCNCC2)n1. The molecule has 0 spiro atoms. The molecule has 5 rings (SSSR count). The Bertz CT molecular complexity index is 1510. The number of nitrogens with one attached hydrogen (secondary N) is 2. The van der Waals surface area contributed by atoms with E-state index >= 15 is 0 Å². The van der Waals surface area contributed by atoms with Crippen molar-refractivity contribution < 1.29 is 22.6 Å². The Labute approximate surface area is 221 Å². The molecular formula is C26H26F3N7O3. The molecule has 4 aromatic rings. The van der Waals surface area contributed by atoms with Gasteiger partial charge in [-0.15, -0.1) is 6.58 Å². The summed E-state index contributed by atoms with van der Waals surface area (Å²) in [6.07, 6.45) is 0.384. The quantitative estimate of drug-likeness (QED) is 0.307. The lowest BCUT2D eigenvalue weighted by atomic mass is 10.1. The predicted molar refractivity (Wildman–Crippen MR) is 139 cm³/mol. The summed E-state index contributed by atoms with van der Waals surface area (Å²) in [4.78, 5) is 26.7. The Balaban J connectivity index is 1.45. The minimum absolute atomic E-state index is 0.0501. The number of hydrogen-bond donors (Lipinski definition) is 2. The molecule has 0 atom stereocenters. The standard InChI is InChI=1S/C26H26F3N7O3/c1-2-14-35-24(37)20-15-31-25(32-17-6-8-18(9-7-17)38-16-26(27,28)29)34-23(20)36(35)21-4-3-5-22(33-21)39-19-10-12-30-13-11-19/h2-9,15,19,30H,1,10-14,16H2,(H,31,32,34). The van der Waals surface area contributed by atoms with E-state index in [9.17, 15) is 18.0 Å². The molecule has 0 aliphatic carbocycles. The van der Waals surface area contributed by atoms with Gasteiger partial charge in [0.1, 0.15) is 17.2 Å². The number of halogens is 3. The zero-order chi connectivity index (χ0) is 27.4. The molecule has 0 radical (unpaired) electrons. The number of rotatable bonds is 9. The maximum absolute atomic E-state index is 13.2. The monoisotopic (exact) mass is 541 g/mol. The zero-order valence-electron chi connectivity index (χ0n) is 20.8. The lowest BCUT2D eigenvalue weighted by molar-refractivity contribution is -0.153. The van der Waals surface area contributed by atoms with E-state index in [1.165, 1.54) is 23.0 Å². The van der Waals surface area contributed by atoms with Crippen LogP contribution in [-0.4, -0.2) is 56.3 Å². The highest BCUT2D eigenvalue weighted by Gasteiger charge is 2.28. The van der Waals surface area contributed by atoms with Crippen LogP contribution in [0.2, 0.25) is 0 Å². The van der Waals surface area contributed by atoms with E-state index in [4.69, 9.17) is 9.47 Å². The number of pyridine rings is 1. The number of benzene rings is 1. The van der Waals surface area contributed by atoms with Gasteiger partial charge in [-0.3, -0.25) is 4.79 Å². The number of nitrogens with zero attached hydrogens (tertiary/aromatic N) is 5. The molecule has 1 aliphatic rings. The van der Waals surface area contributed by atoms with E-state index in [0.29, 0.717) is 23.0 Å². The van der Waals surface area contributed by atoms with Crippen LogP contribution in [0.3, 0.4) is 0 Å².